The van der Waals surface area contributed by atoms with Crippen molar-refractivity contribution in [3.63, 3.8) is 0 Å². The highest BCUT2D eigenvalue weighted by molar-refractivity contribution is 6.31. The standard InChI is InChI=1S/C11H13ClN2O3/c12-9-4-2-1-3-8(9)5-6-11(16)14-17-7-10(13)15/h1-4H,5-7H2,(H2,13,15)(H,14,16). The summed E-state index contributed by atoms with van der Waals surface area (Å²) in [6, 6.07) is 7.28. The van der Waals surface area contributed by atoms with Gasteiger partial charge in [0.05, 0.1) is 0 Å². The van der Waals surface area contributed by atoms with E-state index in [1.807, 2.05) is 18.2 Å². The summed E-state index contributed by atoms with van der Waals surface area (Å²) in [5.74, 6) is -0.970. The Morgan fingerprint density at radius 3 is 2.71 bits per heavy atom. The normalized spacial score (nSPS) is 9.94. The van der Waals surface area contributed by atoms with E-state index in [9.17, 15) is 9.59 Å². The number of hydroxylamine groups is 1. The van der Waals surface area contributed by atoms with Crippen LogP contribution in [0.4, 0.5) is 0 Å². The molecule has 1 aromatic carbocycles. The van der Waals surface area contributed by atoms with E-state index >= 15 is 0 Å². The first-order chi connectivity index (χ1) is 8.09. The molecule has 0 saturated carbocycles. The molecule has 0 unspecified atom stereocenters. The maximum absolute atomic E-state index is 11.3. The average Bonchev–Trinajstić information content (AvgIpc) is 2.27. The number of carbonyl (C=O) groups is 2. The number of amides is 2. The molecule has 0 saturated heterocycles. The molecule has 0 radical (unpaired) electrons. The summed E-state index contributed by atoms with van der Waals surface area (Å²) >= 11 is 5.93. The Morgan fingerprint density at radius 1 is 1.35 bits per heavy atom. The van der Waals surface area contributed by atoms with Crippen LogP contribution in [0.1, 0.15) is 12.0 Å². The van der Waals surface area contributed by atoms with Crippen LogP contribution in [0, 0.1) is 0 Å². The number of benzene rings is 1. The summed E-state index contributed by atoms with van der Waals surface area (Å²) in [5.41, 5.74) is 7.84. The van der Waals surface area contributed by atoms with Crippen LogP contribution >= 0.6 is 11.6 Å². The van der Waals surface area contributed by atoms with Gasteiger partial charge in [-0.2, -0.15) is 0 Å². The number of hydrogen-bond donors (Lipinski definition) is 2. The van der Waals surface area contributed by atoms with Crippen LogP contribution in [-0.2, 0) is 20.8 Å². The summed E-state index contributed by atoms with van der Waals surface area (Å²) in [6.45, 7) is -0.335. The molecule has 17 heavy (non-hydrogen) atoms. The molecule has 2 amide bonds. The van der Waals surface area contributed by atoms with Gasteiger partial charge < -0.3 is 5.73 Å². The first-order valence-corrected chi connectivity index (χ1v) is 5.39. The number of hydrogen-bond acceptors (Lipinski definition) is 3. The molecule has 0 atom stereocenters. The Balaban J connectivity index is 2.29. The van der Waals surface area contributed by atoms with Crippen molar-refractivity contribution in [1.29, 1.82) is 0 Å². The fourth-order valence-electron chi connectivity index (χ4n) is 1.19. The van der Waals surface area contributed by atoms with Crippen molar-refractivity contribution in [2.24, 2.45) is 5.73 Å². The lowest BCUT2D eigenvalue weighted by molar-refractivity contribution is -0.137. The van der Waals surface area contributed by atoms with Gasteiger partial charge in [-0.3, -0.25) is 14.4 Å². The lowest BCUT2D eigenvalue weighted by atomic mass is 10.1. The molecule has 92 valence electrons. The average molecular weight is 257 g/mol. The molecule has 1 aromatic rings. The van der Waals surface area contributed by atoms with Gasteiger partial charge in [-0.25, -0.2) is 5.48 Å². The van der Waals surface area contributed by atoms with Gasteiger partial charge in [0, 0.05) is 11.4 Å². The summed E-state index contributed by atoms with van der Waals surface area (Å²) in [4.78, 5) is 26.2. The summed E-state index contributed by atoms with van der Waals surface area (Å²) in [5, 5.41) is 0.623. The molecule has 0 heterocycles. The SMILES string of the molecule is NC(=O)CONC(=O)CCc1ccccc1Cl. The zero-order valence-electron chi connectivity index (χ0n) is 9.11. The number of rotatable bonds is 6. The van der Waals surface area contributed by atoms with E-state index in [2.05, 4.69) is 10.3 Å². The van der Waals surface area contributed by atoms with Crippen molar-refractivity contribution in [2.75, 3.05) is 6.61 Å². The smallest absolute Gasteiger partial charge is 0.246 e. The third-order valence-corrected chi connectivity index (χ3v) is 2.35. The molecule has 0 fully saturated rings. The van der Waals surface area contributed by atoms with Gasteiger partial charge in [0.15, 0.2) is 6.61 Å². The van der Waals surface area contributed by atoms with Crippen molar-refractivity contribution < 1.29 is 14.4 Å². The molecule has 3 N–H and O–H groups in total. The zero-order chi connectivity index (χ0) is 12.7. The number of halogens is 1. The van der Waals surface area contributed by atoms with E-state index in [1.54, 1.807) is 6.07 Å². The van der Waals surface area contributed by atoms with Crippen LogP contribution in [0.25, 0.3) is 0 Å². The number of nitrogens with two attached hydrogens (primary N) is 1. The molecule has 0 spiro atoms. The summed E-state index contributed by atoms with van der Waals surface area (Å²) in [7, 11) is 0. The number of primary amides is 1. The van der Waals surface area contributed by atoms with Crippen molar-refractivity contribution in [1.82, 2.24) is 5.48 Å². The third kappa shape index (κ3) is 5.33. The van der Waals surface area contributed by atoms with Gasteiger partial charge in [-0.05, 0) is 18.1 Å². The van der Waals surface area contributed by atoms with Gasteiger partial charge in [-0.15, -0.1) is 0 Å². The minimum Gasteiger partial charge on any atom is -0.368 e. The summed E-state index contributed by atoms with van der Waals surface area (Å²) in [6.07, 6.45) is 0.730. The van der Waals surface area contributed by atoms with Gasteiger partial charge in [0.1, 0.15) is 0 Å². The fraction of sp³-hybridized carbons (Fsp3) is 0.273. The van der Waals surface area contributed by atoms with E-state index < -0.39 is 5.91 Å². The van der Waals surface area contributed by atoms with Crippen LogP contribution in [-0.4, -0.2) is 18.4 Å². The van der Waals surface area contributed by atoms with E-state index in [0.29, 0.717) is 11.4 Å². The molecule has 6 heteroatoms. The van der Waals surface area contributed by atoms with Crippen LogP contribution < -0.4 is 11.2 Å². The molecule has 0 bridgehead atoms. The number of nitrogens with one attached hydrogen (secondary N) is 1. The maximum Gasteiger partial charge on any atom is 0.246 e. The first-order valence-electron chi connectivity index (χ1n) is 5.02. The molecule has 0 aliphatic heterocycles. The Morgan fingerprint density at radius 2 is 2.06 bits per heavy atom. The highest BCUT2D eigenvalue weighted by Crippen LogP contribution is 2.16. The lowest BCUT2D eigenvalue weighted by Gasteiger charge is -2.05. The Hall–Kier alpha value is -1.59. The van der Waals surface area contributed by atoms with Gasteiger partial charge in [0.25, 0.3) is 0 Å². The molecule has 0 aliphatic rings. The quantitative estimate of drug-likeness (QED) is 0.739. The maximum atomic E-state index is 11.3. The second-order valence-electron chi connectivity index (χ2n) is 3.37. The van der Waals surface area contributed by atoms with Crippen LogP contribution in [0.15, 0.2) is 24.3 Å². The molecular weight excluding hydrogens is 244 g/mol. The van der Waals surface area contributed by atoms with Gasteiger partial charge in [-0.1, -0.05) is 29.8 Å². The Bertz CT molecular complexity index is 409. The van der Waals surface area contributed by atoms with Crippen molar-refractivity contribution in [3.8, 4) is 0 Å². The minimum absolute atomic E-state index is 0.225. The van der Waals surface area contributed by atoms with Gasteiger partial charge >= 0.3 is 0 Å². The Labute approximate surface area is 104 Å². The van der Waals surface area contributed by atoms with E-state index in [4.69, 9.17) is 17.3 Å². The van der Waals surface area contributed by atoms with E-state index in [1.165, 1.54) is 0 Å². The lowest BCUT2D eigenvalue weighted by Crippen LogP contribution is -2.29. The summed E-state index contributed by atoms with van der Waals surface area (Å²) < 4.78 is 0. The molecule has 1 rings (SSSR count). The topological polar surface area (TPSA) is 81.4 Å². The highest BCUT2D eigenvalue weighted by Gasteiger charge is 2.05. The van der Waals surface area contributed by atoms with Crippen LogP contribution in [0.5, 0.6) is 0 Å². The second-order valence-corrected chi connectivity index (χ2v) is 3.78. The van der Waals surface area contributed by atoms with E-state index in [-0.39, 0.29) is 18.9 Å². The van der Waals surface area contributed by atoms with E-state index in [0.717, 1.165) is 5.56 Å². The number of aryl methyl sites for hydroxylation is 1. The van der Waals surface area contributed by atoms with Gasteiger partial charge in [0.2, 0.25) is 11.8 Å². The second kappa shape index (κ2) is 6.88. The molecule has 0 aromatic heterocycles. The fourth-order valence-corrected chi connectivity index (χ4v) is 1.42. The molecular formula is C11H13ClN2O3. The predicted octanol–water partition coefficient (Wildman–Crippen LogP) is 0.806. The largest absolute Gasteiger partial charge is 0.368 e. The minimum atomic E-state index is -0.642. The van der Waals surface area contributed by atoms with Crippen LogP contribution in [0.3, 0.4) is 0 Å². The molecule has 5 nitrogen and oxygen atoms in total. The van der Waals surface area contributed by atoms with Crippen LogP contribution in [0.2, 0.25) is 5.02 Å². The van der Waals surface area contributed by atoms with Crippen molar-refractivity contribution in [2.45, 2.75) is 12.8 Å². The molecule has 0 aliphatic carbocycles. The Kier molecular flexibility index (Phi) is 5.45. The highest BCUT2D eigenvalue weighted by atomic mass is 35.5. The van der Waals surface area contributed by atoms with Crippen molar-refractivity contribution in [3.05, 3.63) is 34.9 Å². The zero-order valence-corrected chi connectivity index (χ0v) is 9.87. The predicted molar refractivity (Wildman–Crippen MR) is 63.1 cm³/mol. The number of carbonyl (C=O) groups excluding carboxylic acids is 2. The van der Waals surface area contributed by atoms with Crippen molar-refractivity contribution >= 4 is 23.4 Å². The third-order valence-electron chi connectivity index (χ3n) is 1.98. The first kappa shape index (κ1) is 13.5. The monoisotopic (exact) mass is 256 g/mol.